The van der Waals surface area contributed by atoms with Gasteiger partial charge in [0.2, 0.25) is 0 Å². The first-order chi connectivity index (χ1) is 12.7. The Morgan fingerprint density at radius 2 is 1.81 bits per heavy atom. The molecule has 0 radical (unpaired) electrons. The summed E-state index contributed by atoms with van der Waals surface area (Å²) in [5.74, 6) is 0.362. The third-order valence-electron chi connectivity index (χ3n) is 5.08. The van der Waals surface area contributed by atoms with Crippen molar-refractivity contribution in [2.75, 3.05) is 31.6 Å². The zero-order chi connectivity index (χ0) is 18.4. The molecule has 1 atom stereocenters. The molecule has 1 saturated heterocycles. The lowest BCUT2D eigenvalue weighted by atomic mass is 9.96. The number of nitrogens with one attached hydrogen (secondary N) is 1. The van der Waals surface area contributed by atoms with Gasteiger partial charge >= 0.3 is 0 Å². The van der Waals surface area contributed by atoms with E-state index in [9.17, 15) is 4.79 Å². The number of amides is 1. The second kappa shape index (κ2) is 8.97. The standard InChI is InChI=1S/C22H28N2O2/c1-3-17(2)20-6-4-5-7-21(20)23-22(25)19-10-8-18(9-11-19)16-24-12-14-26-15-13-24/h4-11,17H,3,12-16H2,1-2H3,(H,23,25)/t17-/m1/s1. The van der Waals surface area contributed by atoms with E-state index in [1.165, 1.54) is 11.1 Å². The molecule has 0 aromatic heterocycles. The van der Waals surface area contributed by atoms with Crippen LogP contribution in [0.25, 0.3) is 0 Å². The molecule has 1 fully saturated rings. The lowest BCUT2D eigenvalue weighted by Crippen LogP contribution is -2.35. The quantitative estimate of drug-likeness (QED) is 0.843. The van der Waals surface area contributed by atoms with Crippen molar-refractivity contribution in [2.24, 2.45) is 0 Å². The van der Waals surface area contributed by atoms with Crippen molar-refractivity contribution in [3.8, 4) is 0 Å². The maximum atomic E-state index is 12.6. The monoisotopic (exact) mass is 352 g/mol. The summed E-state index contributed by atoms with van der Waals surface area (Å²) in [6.07, 6.45) is 1.04. The topological polar surface area (TPSA) is 41.6 Å². The Hall–Kier alpha value is -2.17. The average Bonchev–Trinajstić information content (AvgIpc) is 2.69. The number of hydrogen-bond acceptors (Lipinski definition) is 3. The van der Waals surface area contributed by atoms with Crippen LogP contribution in [0.4, 0.5) is 5.69 Å². The van der Waals surface area contributed by atoms with Crippen LogP contribution in [0.5, 0.6) is 0 Å². The Labute approximate surface area is 156 Å². The number of rotatable bonds is 6. The maximum Gasteiger partial charge on any atom is 0.255 e. The number of morpholine rings is 1. The van der Waals surface area contributed by atoms with Crippen LogP contribution in [0.2, 0.25) is 0 Å². The van der Waals surface area contributed by atoms with Gasteiger partial charge in [-0.25, -0.2) is 0 Å². The first kappa shape index (κ1) is 18.6. The van der Waals surface area contributed by atoms with Gasteiger partial charge in [0.15, 0.2) is 0 Å². The molecule has 0 aliphatic carbocycles. The predicted octanol–water partition coefficient (Wildman–Crippen LogP) is 4.28. The highest BCUT2D eigenvalue weighted by Crippen LogP contribution is 2.26. The predicted molar refractivity (Wildman–Crippen MR) is 106 cm³/mol. The molecule has 138 valence electrons. The average molecular weight is 352 g/mol. The molecular formula is C22H28N2O2. The van der Waals surface area contributed by atoms with Crippen molar-refractivity contribution in [3.05, 3.63) is 65.2 Å². The van der Waals surface area contributed by atoms with Gasteiger partial charge in [-0.2, -0.15) is 0 Å². The molecule has 4 nitrogen and oxygen atoms in total. The molecule has 0 bridgehead atoms. The number of anilines is 1. The number of ether oxygens (including phenoxy) is 1. The van der Waals surface area contributed by atoms with E-state index in [0.717, 1.165) is 45.0 Å². The van der Waals surface area contributed by atoms with Crippen LogP contribution in [0.15, 0.2) is 48.5 Å². The minimum Gasteiger partial charge on any atom is -0.379 e. The molecule has 1 N–H and O–H groups in total. The molecule has 0 spiro atoms. The molecule has 2 aromatic carbocycles. The second-order valence-electron chi connectivity index (χ2n) is 6.94. The summed E-state index contributed by atoms with van der Waals surface area (Å²) < 4.78 is 5.38. The van der Waals surface area contributed by atoms with E-state index in [0.29, 0.717) is 11.5 Å². The highest BCUT2D eigenvalue weighted by Gasteiger charge is 2.13. The van der Waals surface area contributed by atoms with Gasteiger partial charge < -0.3 is 10.1 Å². The molecule has 26 heavy (non-hydrogen) atoms. The minimum atomic E-state index is -0.0568. The van der Waals surface area contributed by atoms with Crippen LogP contribution in [0, 0.1) is 0 Å². The minimum absolute atomic E-state index is 0.0568. The van der Waals surface area contributed by atoms with Crippen LogP contribution in [0.1, 0.15) is 47.7 Å². The van der Waals surface area contributed by atoms with E-state index in [1.54, 1.807) is 0 Å². The van der Waals surface area contributed by atoms with E-state index in [2.05, 4.69) is 30.1 Å². The fourth-order valence-electron chi connectivity index (χ4n) is 3.23. The SMILES string of the molecule is CC[C@@H](C)c1ccccc1NC(=O)c1ccc(CN2CCOCC2)cc1. The van der Waals surface area contributed by atoms with Crippen LogP contribution in [-0.2, 0) is 11.3 Å². The van der Waals surface area contributed by atoms with Gasteiger partial charge in [-0.3, -0.25) is 9.69 Å². The molecule has 0 saturated carbocycles. The highest BCUT2D eigenvalue weighted by atomic mass is 16.5. The van der Waals surface area contributed by atoms with Gasteiger partial charge in [-0.05, 0) is 41.7 Å². The first-order valence-corrected chi connectivity index (χ1v) is 9.46. The summed E-state index contributed by atoms with van der Waals surface area (Å²) in [6, 6.07) is 16.0. The number of benzene rings is 2. The van der Waals surface area contributed by atoms with E-state index >= 15 is 0 Å². The summed E-state index contributed by atoms with van der Waals surface area (Å²) in [4.78, 5) is 15.0. The molecule has 1 aliphatic heterocycles. The molecule has 3 rings (SSSR count). The van der Waals surface area contributed by atoms with Crippen molar-refractivity contribution in [1.82, 2.24) is 4.90 Å². The molecule has 4 heteroatoms. The first-order valence-electron chi connectivity index (χ1n) is 9.46. The molecule has 1 heterocycles. The fraction of sp³-hybridized carbons (Fsp3) is 0.409. The lowest BCUT2D eigenvalue weighted by Gasteiger charge is -2.26. The Morgan fingerprint density at radius 1 is 1.12 bits per heavy atom. The Balaban J connectivity index is 1.65. The van der Waals surface area contributed by atoms with Gasteiger partial charge in [0, 0.05) is 30.9 Å². The summed E-state index contributed by atoms with van der Waals surface area (Å²) >= 11 is 0. The van der Waals surface area contributed by atoms with E-state index in [4.69, 9.17) is 4.74 Å². The van der Waals surface area contributed by atoms with Crippen LogP contribution >= 0.6 is 0 Å². The number of carbonyl (C=O) groups excluding carboxylic acids is 1. The zero-order valence-corrected chi connectivity index (χ0v) is 15.7. The van der Waals surface area contributed by atoms with Crippen LogP contribution in [-0.4, -0.2) is 37.1 Å². The molecular weight excluding hydrogens is 324 g/mol. The molecule has 1 amide bonds. The second-order valence-corrected chi connectivity index (χ2v) is 6.94. The normalized spacial score (nSPS) is 16.2. The summed E-state index contributed by atoms with van der Waals surface area (Å²) in [7, 11) is 0. The largest absolute Gasteiger partial charge is 0.379 e. The van der Waals surface area contributed by atoms with Gasteiger partial charge in [0.05, 0.1) is 13.2 Å². The molecule has 0 unspecified atom stereocenters. The van der Waals surface area contributed by atoms with Crippen molar-refractivity contribution < 1.29 is 9.53 Å². The van der Waals surface area contributed by atoms with E-state index < -0.39 is 0 Å². The van der Waals surface area contributed by atoms with Gasteiger partial charge in [0.1, 0.15) is 0 Å². The third-order valence-corrected chi connectivity index (χ3v) is 5.08. The van der Waals surface area contributed by atoms with Crippen molar-refractivity contribution >= 4 is 11.6 Å². The number of nitrogens with zero attached hydrogens (tertiary/aromatic N) is 1. The molecule has 1 aliphatic rings. The summed E-state index contributed by atoms with van der Waals surface area (Å²) in [6.45, 7) is 8.79. The van der Waals surface area contributed by atoms with Crippen molar-refractivity contribution in [1.29, 1.82) is 0 Å². The lowest BCUT2D eigenvalue weighted by molar-refractivity contribution is 0.0342. The van der Waals surface area contributed by atoms with Crippen molar-refractivity contribution in [3.63, 3.8) is 0 Å². The Morgan fingerprint density at radius 3 is 2.50 bits per heavy atom. The van der Waals surface area contributed by atoms with E-state index in [-0.39, 0.29) is 5.91 Å². The van der Waals surface area contributed by atoms with Crippen molar-refractivity contribution in [2.45, 2.75) is 32.7 Å². The third kappa shape index (κ3) is 4.71. The smallest absolute Gasteiger partial charge is 0.255 e. The highest BCUT2D eigenvalue weighted by molar-refractivity contribution is 6.04. The van der Waals surface area contributed by atoms with Gasteiger partial charge in [-0.15, -0.1) is 0 Å². The number of hydrogen-bond donors (Lipinski definition) is 1. The summed E-state index contributed by atoms with van der Waals surface area (Å²) in [5.41, 5.74) is 4.01. The van der Waals surface area contributed by atoms with Gasteiger partial charge in [-0.1, -0.05) is 44.2 Å². The zero-order valence-electron chi connectivity index (χ0n) is 15.7. The number of carbonyl (C=O) groups is 1. The maximum absolute atomic E-state index is 12.6. The molecule has 2 aromatic rings. The summed E-state index contributed by atoms with van der Waals surface area (Å²) in [5, 5.41) is 3.08. The number of para-hydroxylation sites is 1. The van der Waals surface area contributed by atoms with E-state index in [1.807, 2.05) is 42.5 Å². The van der Waals surface area contributed by atoms with Crippen LogP contribution < -0.4 is 5.32 Å². The Bertz CT molecular complexity index is 721. The van der Waals surface area contributed by atoms with Crippen LogP contribution in [0.3, 0.4) is 0 Å². The van der Waals surface area contributed by atoms with Gasteiger partial charge in [0.25, 0.3) is 5.91 Å². The Kier molecular flexibility index (Phi) is 6.42. The fourth-order valence-corrected chi connectivity index (χ4v) is 3.23.